The summed E-state index contributed by atoms with van der Waals surface area (Å²) in [6.45, 7) is 2.36. The Labute approximate surface area is 88.5 Å². The van der Waals surface area contributed by atoms with Gasteiger partial charge in [0.2, 0.25) is 0 Å². The minimum Gasteiger partial charge on any atom is -0.0919 e. The second kappa shape index (κ2) is 3.45. The number of halogens is 1. The van der Waals surface area contributed by atoms with Gasteiger partial charge in [0.1, 0.15) is 0 Å². The predicted molar refractivity (Wildman–Crippen MR) is 60.5 cm³/mol. The molecular formula is C12H15Br. The Balaban J connectivity index is 2.48. The Morgan fingerprint density at radius 3 is 2.92 bits per heavy atom. The maximum atomic E-state index is 3.64. The van der Waals surface area contributed by atoms with Gasteiger partial charge in [-0.3, -0.25) is 0 Å². The minimum absolute atomic E-state index is 0.370. The average Bonchev–Trinajstić information content (AvgIpc) is 2.19. The third-order valence-electron chi connectivity index (χ3n) is 3.14. The van der Waals surface area contributed by atoms with Crippen molar-refractivity contribution in [2.24, 2.45) is 0 Å². The number of rotatable bonds is 1. The summed E-state index contributed by atoms with van der Waals surface area (Å²) in [4.78, 5) is 0. The predicted octanol–water partition coefficient (Wildman–Crippen LogP) is 3.68. The molecule has 0 bridgehead atoms. The summed E-state index contributed by atoms with van der Waals surface area (Å²) >= 11 is 3.64. The van der Waals surface area contributed by atoms with Crippen LogP contribution < -0.4 is 0 Å². The Morgan fingerprint density at radius 1 is 1.38 bits per heavy atom. The molecule has 1 atom stereocenters. The van der Waals surface area contributed by atoms with Crippen LogP contribution in [0.25, 0.3) is 0 Å². The summed E-state index contributed by atoms with van der Waals surface area (Å²) in [5.41, 5.74) is 3.48. The van der Waals surface area contributed by atoms with E-state index in [9.17, 15) is 0 Å². The molecule has 1 aromatic carbocycles. The van der Waals surface area contributed by atoms with Crippen LogP contribution in [0.2, 0.25) is 0 Å². The van der Waals surface area contributed by atoms with Gasteiger partial charge in [-0.25, -0.2) is 0 Å². The molecule has 1 aliphatic carbocycles. The summed E-state index contributed by atoms with van der Waals surface area (Å²) in [5, 5.41) is 1.08. The van der Waals surface area contributed by atoms with Gasteiger partial charge in [-0.15, -0.1) is 0 Å². The summed E-state index contributed by atoms with van der Waals surface area (Å²) < 4.78 is 0. The van der Waals surface area contributed by atoms with Gasteiger partial charge in [0.05, 0.1) is 0 Å². The van der Waals surface area contributed by atoms with E-state index in [1.165, 1.54) is 19.3 Å². The van der Waals surface area contributed by atoms with Crippen molar-refractivity contribution in [3.63, 3.8) is 0 Å². The van der Waals surface area contributed by atoms with Crippen LogP contribution in [0.3, 0.4) is 0 Å². The quantitative estimate of drug-likeness (QED) is 0.656. The first-order valence-electron chi connectivity index (χ1n) is 4.91. The molecule has 2 rings (SSSR count). The molecule has 0 fully saturated rings. The van der Waals surface area contributed by atoms with E-state index in [-0.39, 0.29) is 0 Å². The van der Waals surface area contributed by atoms with E-state index < -0.39 is 0 Å². The van der Waals surface area contributed by atoms with Crippen LogP contribution in [0.4, 0.5) is 0 Å². The molecular weight excluding hydrogens is 224 g/mol. The van der Waals surface area contributed by atoms with E-state index in [1.807, 2.05) is 0 Å². The van der Waals surface area contributed by atoms with Crippen molar-refractivity contribution in [1.29, 1.82) is 0 Å². The molecule has 0 saturated carbocycles. The average molecular weight is 239 g/mol. The molecule has 0 radical (unpaired) electrons. The smallest absolute Gasteiger partial charge is 0.0126 e. The SMILES string of the molecule is CC1(CBr)CCCc2ccccc21. The summed E-state index contributed by atoms with van der Waals surface area (Å²) in [6, 6.07) is 8.87. The van der Waals surface area contributed by atoms with E-state index in [1.54, 1.807) is 11.1 Å². The van der Waals surface area contributed by atoms with Crippen LogP contribution in [0.5, 0.6) is 0 Å². The lowest BCUT2D eigenvalue weighted by molar-refractivity contribution is 0.442. The zero-order valence-corrected chi connectivity index (χ0v) is 9.60. The van der Waals surface area contributed by atoms with E-state index in [4.69, 9.17) is 0 Å². The number of fused-ring (bicyclic) bond motifs is 1. The van der Waals surface area contributed by atoms with Crippen LogP contribution in [-0.4, -0.2) is 5.33 Å². The van der Waals surface area contributed by atoms with Crippen molar-refractivity contribution in [2.45, 2.75) is 31.6 Å². The molecule has 0 spiro atoms. The van der Waals surface area contributed by atoms with Crippen molar-refractivity contribution < 1.29 is 0 Å². The van der Waals surface area contributed by atoms with Crippen molar-refractivity contribution >= 4 is 15.9 Å². The Kier molecular flexibility index (Phi) is 2.46. The summed E-state index contributed by atoms with van der Waals surface area (Å²) in [6.07, 6.45) is 3.91. The lowest BCUT2D eigenvalue weighted by Gasteiger charge is -2.34. The zero-order valence-electron chi connectivity index (χ0n) is 8.02. The van der Waals surface area contributed by atoms with Gasteiger partial charge in [0, 0.05) is 10.7 Å². The van der Waals surface area contributed by atoms with Crippen molar-refractivity contribution in [1.82, 2.24) is 0 Å². The Bertz CT molecular complexity index is 306. The molecule has 1 aromatic rings. The number of benzene rings is 1. The highest BCUT2D eigenvalue weighted by Gasteiger charge is 2.30. The highest BCUT2D eigenvalue weighted by molar-refractivity contribution is 9.09. The molecule has 0 nitrogen and oxygen atoms in total. The number of alkyl halides is 1. The zero-order chi connectivity index (χ0) is 9.31. The van der Waals surface area contributed by atoms with Crippen LogP contribution in [-0.2, 0) is 11.8 Å². The molecule has 0 amide bonds. The highest BCUT2D eigenvalue weighted by Crippen LogP contribution is 2.38. The van der Waals surface area contributed by atoms with Gasteiger partial charge < -0.3 is 0 Å². The van der Waals surface area contributed by atoms with Gasteiger partial charge in [-0.05, 0) is 30.4 Å². The normalized spacial score (nSPS) is 26.9. The fourth-order valence-electron chi connectivity index (χ4n) is 2.27. The Hall–Kier alpha value is -0.300. The second-order valence-corrected chi connectivity index (χ2v) is 4.77. The number of aryl methyl sites for hydroxylation is 1. The molecule has 0 aromatic heterocycles. The Morgan fingerprint density at radius 2 is 2.15 bits per heavy atom. The lowest BCUT2D eigenvalue weighted by atomic mass is 9.73. The van der Waals surface area contributed by atoms with E-state index >= 15 is 0 Å². The van der Waals surface area contributed by atoms with E-state index in [0.717, 1.165) is 5.33 Å². The molecule has 1 unspecified atom stereocenters. The van der Waals surface area contributed by atoms with Crippen LogP contribution in [0.1, 0.15) is 30.9 Å². The van der Waals surface area contributed by atoms with Crippen molar-refractivity contribution in [3.05, 3.63) is 35.4 Å². The van der Waals surface area contributed by atoms with Gasteiger partial charge in [-0.2, -0.15) is 0 Å². The second-order valence-electron chi connectivity index (χ2n) is 4.20. The molecule has 0 saturated heterocycles. The van der Waals surface area contributed by atoms with E-state index in [0.29, 0.717) is 5.41 Å². The summed E-state index contributed by atoms with van der Waals surface area (Å²) in [5.74, 6) is 0. The van der Waals surface area contributed by atoms with Crippen molar-refractivity contribution in [2.75, 3.05) is 5.33 Å². The van der Waals surface area contributed by atoms with Gasteiger partial charge in [-0.1, -0.05) is 47.1 Å². The number of hydrogen-bond donors (Lipinski definition) is 0. The fraction of sp³-hybridized carbons (Fsp3) is 0.500. The third-order valence-corrected chi connectivity index (χ3v) is 4.37. The van der Waals surface area contributed by atoms with Crippen LogP contribution >= 0.6 is 15.9 Å². The topological polar surface area (TPSA) is 0 Å². The first-order chi connectivity index (χ1) is 6.26. The third kappa shape index (κ3) is 1.54. The molecule has 1 heteroatoms. The standard InChI is InChI=1S/C12H15Br/c1-12(9-13)8-4-6-10-5-2-3-7-11(10)12/h2-3,5,7H,4,6,8-9H2,1H3. The monoisotopic (exact) mass is 238 g/mol. The highest BCUT2D eigenvalue weighted by atomic mass is 79.9. The van der Waals surface area contributed by atoms with Crippen LogP contribution in [0, 0.1) is 0 Å². The largest absolute Gasteiger partial charge is 0.0919 e. The molecule has 0 heterocycles. The van der Waals surface area contributed by atoms with Gasteiger partial charge in [0.25, 0.3) is 0 Å². The first-order valence-corrected chi connectivity index (χ1v) is 6.03. The lowest BCUT2D eigenvalue weighted by Crippen LogP contribution is -2.28. The number of hydrogen-bond acceptors (Lipinski definition) is 0. The first kappa shape index (κ1) is 9.26. The molecule has 0 N–H and O–H groups in total. The fourth-order valence-corrected chi connectivity index (χ4v) is 2.85. The molecule has 1 aliphatic rings. The van der Waals surface area contributed by atoms with E-state index in [2.05, 4.69) is 47.1 Å². The minimum atomic E-state index is 0.370. The van der Waals surface area contributed by atoms with Crippen molar-refractivity contribution in [3.8, 4) is 0 Å². The molecule has 70 valence electrons. The summed E-state index contributed by atoms with van der Waals surface area (Å²) in [7, 11) is 0. The maximum Gasteiger partial charge on any atom is 0.0126 e. The van der Waals surface area contributed by atoms with Gasteiger partial charge >= 0.3 is 0 Å². The maximum absolute atomic E-state index is 3.64. The molecule has 13 heavy (non-hydrogen) atoms. The van der Waals surface area contributed by atoms with Gasteiger partial charge in [0.15, 0.2) is 0 Å². The van der Waals surface area contributed by atoms with Crippen LogP contribution in [0.15, 0.2) is 24.3 Å². The molecule has 0 aliphatic heterocycles.